The summed E-state index contributed by atoms with van der Waals surface area (Å²) in [6, 6.07) is 7.64. The van der Waals surface area contributed by atoms with Crippen molar-refractivity contribution in [3.63, 3.8) is 0 Å². The molecule has 0 bridgehead atoms. The summed E-state index contributed by atoms with van der Waals surface area (Å²) in [7, 11) is 0. The number of hydrogen-bond donors (Lipinski definition) is 0. The summed E-state index contributed by atoms with van der Waals surface area (Å²) in [5, 5.41) is 0. The molecule has 2 nitrogen and oxygen atoms in total. The van der Waals surface area contributed by atoms with Crippen LogP contribution in [0.15, 0.2) is 41.4 Å². The molecule has 24 heavy (non-hydrogen) atoms. The molecule has 1 aliphatic rings. The molecule has 126 valence electrons. The second kappa shape index (κ2) is 5.96. The third-order valence-electron chi connectivity index (χ3n) is 4.07. The minimum Gasteiger partial charge on any atom is -0.478 e. The summed E-state index contributed by atoms with van der Waals surface area (Å²) in [5.74, 6) is -1.68. The Balaban J connectivity index is 1.93. The maximum absolute atomic E-state index is 14.5. The van der Waals surface area contributed by atoms with Gasteiger partial charge in [-0.3, -0.25) is 0 Å². The van der Waals surface area contributed by atoms with Gasteiger partial charge in [-0.05, 0) is 44.5 Å². The number of halogens is 3. The molecule has 2 aromatic rings. The first kappa shape index (κ1) is 16.6. The van der Waals surface area contributed by atoms with Crippen LogP contribution in [0.3, 0.4) is 0 Å². The van der Waals surface area contributed by atoms with Gasteiger partial charge in [0.15, 0.2) is 5.90 Å². The fraction of sp³-hybridized carbons (Fsp3) is 0.316. The van der Waals surface area contributed by atoms with Gasteiger partial charge >= 0.3 is 0 Å². The van der Waals surface area contributed by atoms with Gasteiger partial charge in [-0.1, -0.05) is 12.1 Å². The molecule has 0 spiro atoms. The van der Waals surface area contributed by atoms with Crippen molar-refractivity contribution in [1.29, 1.82) is 0 Å². The van der Waals surface area contributed by atoms with Crippen LogP contribution in [0.2, 0.25) is 0 Å². The molecule has 0 amide bonds. The quantitative estimate of drug-likeness (QED) is 0.767. The topological polar surface area (TPSA) is 21.6 Å². The molecule has 0 aromatic heterocycles. The number of aliphatic imine (C=N–C) groups is 1. The Morgan fingerprint density at radius 1 is 1.00 bits per heavy atom. The van der Waals surface area contributed by atoms with Gasteiger partial charge in [0.25, 0.3) is 0 Å². The summed E-state index contributed by atoms with van der Waals surface area (Å²) >= 11 is 0. The Morgan fingerprint density at radius 3 is 2.17 bits per heavy atom. The largest absolute Gasteiger partial charge is 0.478 e. The zero-order valence-electron chi connectivity index (χ0n) is 13.7. The smallest absolute Gasteiger partial charge is 0.191 e. The molecular weight excluding hydrogens is 315 g/mol. The molecule has 2 aromatic carbocycles. The van der Waals surface area contributed by atoms with Crippen LogP contribution in [0, 0.1) is 17.5 Å². The Kier molecular flexibility index (Phi) is 4.11. The highest BCUT2D eigenvalue weighted by molar-refractivity contribution is 5.85. The number of nitrogens with zero attached hydrogens (tertiary/aromatic N) is 1. The normalized spacial score (nSPS) is 17.3. The molecule has 1 atom stereocenters. The zero-order chi connectivity index (χ0) is 17.5. The second-order valence-electron chi connectivity index (χ2n) is 6.64. The monoisotopic (exact) mass is 333 g/mol. The summed E-state index contributed by atoms with van der Waals surface area (Å²) in [6.45, 7) is 6.31. The average molecular weight is 333 g/mol. The van der Waals surface area contributed by atoms with E-state index in [2.05, 4.69) is 4.99 Å². The van der Waals surface area contributed by atoms with Crippen LogP contribution in [-0.2, 0) is 4.74 Å². The van der Waals surface area contributed by atoms with Crippen molar-refractivity contribution >= 4 is 5.90 Å². The SMILES string of the molecule is CC(C1=NC(C)(C)CO1)c1ccc(-c2ccc(F)cc2F)c(F)c1. The molecule has 5 heteroatoms. The zero-order valence-corrected chi connectivity index (χ0v) is 13.7. The minimum atomic E-state index is -0.792. The first-order valence-electron chi connectivity index (χ1n) is 7.74. The van der Waals surface area contributed by atoms with E-state index in [0.717, 1.165) is 12.1 Å². The molecule has 0 radical (unpaired) electrons. The predicted molar refractivity (Wildman–Crippen MR) is 87.6 cm³/mol. The highest BCUT2D eigenvalue weighted by Gasteiger charge is 2.30. The van der Waals surface area contributed by atoms with Crippen molar-refractivity contribution in [2.45, 2.75) is 32.2 Å². The molecule has 0 fully saturated rings. The van der Waals surface area contributed by atoms with Gasteiger partial charge in [0.2, 0.25) is 0 Å². The van der Waals surface area contributed by atoms with Crippen LogP contribution in [0.25, 0.3) is 11.1 Å². The van der Waals surface area contributed by atoms with Crippen molar-refractivity contribution in [2.24, 2.45) is 4.99 Å². The molecule has 0 saturated carbocycles. The van der Waals surface area contributed by atoms with Crippen molar-refractivity contribution in [3.8, 4) is 11.1 Å². The molecule has 3 rings (SSSR count). The van der Waals surface area contributed by atoms with E-state index in [1.807, 2.05) is 20.8 Å². The van der Waals surface area contributed by atoms with E-state index >= 15 is 0 Å². The highest BCUT2D eigenvalue weighted by atomic mass is 19.1. The number of hydrogen-bond acceptors (Lipinski definition) is 2. The molecule has 1 unspecified atom stereocenters. The second-order valence-corrected chi connectivity index (χ2v) is 6.64. The van der Waals surface area contributed by atoms with Gasteiger partial charge < -0.3 is 4.74 Å². The standard InChI is InChI=1S/C19H18F3NO/c1-11(18-23-19(2,3)10-24-18)12-4-6-14(16(21)8-12)15-7-5-13(20)9-17(15)22/h4-9,11H,10H2,1-3H3. The highest BCUT2D eigenvalue weighted by Crippen LogP contribution is 2.31. The van der Waals surface area contributed by atoms with E-state index in [4.69, 9.17) is 4.74 Å². The maximum Gasteiger partial charge on any atom is 0.191 e. The lowest BCUT2D eigenvalue weighted by Gasteiger charge is -2.13. The number of benzene rings is 2. The molecule has 1 aliphatic heterocycles. The molecule has 0 aliphatic carbocycles. The van der Waals surface area contributed by atoms with Crippen LogP contribution in [-0.4, -0.2) is 18.0 Å². The molecule has 0 saturated heterocycles. The lowest BCUT2D eigenvalue weighted by molar-refractivity contribution is 0.272. The lowest BCUT2D eigenvalue weighted by atomic mass is 9.96. The third kappa shape index (κ3) is 3.16. The predicted octanol–water partition coefficient (Wildman–Crippen LogP) is 5.08. The Bertz CT molecular complexity index is 814. The van der Waals surface area contributed by atoms with E-state index in [1.165, 1.54) is 18.2 Å². The Labute approximate surface area is 139 Å². The van der Waals surface area contributed by atoms with Gasteiger partial charge in [-0.25, -0.2) is 18.2 Å². The number of ether oxygens (including phenoxy) is 1. The average Bonchev–Trinajstić information content (AvgIpc) is 2.87. The summed E-state index contributed by atoms with van der Waals surface area (Å²) in [4.78, 5) is 4.50. The minimum absolute atomic E-state index is 0.0312. The van der Waals surface area contributed by atoms with Gasteiger partial charge in [0.1, 0.15) is 24.1 Å². The van der Waals surface area contributed by atoms with E-state index in [0.29, 0.717) is 18.1 Å². The Hall–Kier alpha value is -2.30. The van der Waals surface area contributed by atoms with E-state index in [9.17, 15) is 13.2 Å². The van der Waals surface area contributed by atoms with Gasteiger partial charge in [-0.15, -0.1) is 0 Å². The van der Waals surface area contributed by atoms with Crippen molar-refractivity contribution < 1.29 is 17.9 Å². The van der Waals surface area contributed by atoms with Crippen LogP contribution < -0.4 is 0 Å². The molecule has 0 N–H and O–H groups in total. The first-order chi connectivity index (χ1) is 11.3. The van der Waals surface area contributed by atoms with Crippen LogP contribution in [0.4, 0.5) is 13.2 Å². The van der Waals surface area contributed by atoms with Crippen molar-refractivity contribution in [1.82, 2.24) is 0 Å². The number of rotatable bonds is 3. The van der Waals surface area contributed by atoms with E-state index in [1.54, 1.807) is 6.07 Å². The third-order valence-corrected chi connectivity index (χ3v) is 4.07. The maximum atomic E-state index is 14.5. The summed E-state index contributed by atoms with van der Waals surface area (Å²) in [6.07, 6.45) is 0. The lowest BCUT2D eigenvalue weighted by Crippen LogP contribution is -2.17. The summed E-state index contributed by atoms with van der Waals surface area (Å²) < 4.78 is 46.9. The van der Waals surface area contributed by atoms with E-state index < -0.39 is 17.5 Å². The van der Waals surface area contributed by atoms with Gasteiger partial charge in [-0.2, -0.15) is 0 Å². The van der Waals surface area contributed by atoms with Gasteiger partial charge in [0, 0.05) is 17.2 Å². The first-order valence-corrected chi connectivity index (χ1v) is 7.74. The summed E-state index contributed by atoms with van der Waals surface area (Å²) in [5.41, 5.74) is 0.538. The fourth-order valence-corrected chi connectivity index (χ4v) is 2.70. The van der Waals surface area contributed by atoms with E-state index in [-0.39, 0.29) is 22.6 Å². The van der Waals surface area contributed by atoms with Crippen LogP contribution in [0.5, 0.6) is 0 Å². The van der Waals surface area contributed by atoms with Crippen LogP contribution >= 0.6 is 0 Å². The van der Waals surface area contributed by atoms with Crippen molar-refractivity contribution in [2.75, 3.05) is 6.61 Å². The Morgan fingerprint density at radius 2 is 1.62 bits per heavy atom. The molecular formula is C19H18F3NO. The molecule has 1 heterocycles. The van der Waals surface area contributed by atoms with Crippen molar-refractivity contribution in [3.05, 3.63) is 59.4 Å². The van der Waals surface area contributed by atoms with Crippen LogP contribution in [0.1, 0.15) is 32.3 Å². The van der Waals surface area contributed by atoms with Gasteiger partial charge in [0.05, 0.1) is 11.5 Å². The fourth-order valence-electron chi connectivity index (χ4n) is 2.70.